The van der Waals surface area contributed by atoms with Gasteiger partial charge >= 0.3 is 0 Å². The molecule has 18 heavy (non-hydrogen) atoms. The van der Waals surface area contributed by atoms with E-state index in [9.17, 15) is 13.2 Å². The van der Waals surface area contributed by atoms with Crippen molar-refractivity contribution in [2.75, 3.05) is 0 Å². The average molecular weight is 272 g/mol. The normalized spacial score (nSPS) is 34.2. The Bertz CT molecular complexity index is 379. The number of hydrogen-bond acceptors (Lipinski definition) is 3. The van der Waals surface area contributed by atoms with E-state index in [1.807, 2.05) is 0 Å². The van der Waals surface area contributed by atoms with Crippen LogP contribution < -0.4 is 0 Å². The van der Waals surface area contributed by atoms with Gasteiger partial charge in [-0.2, -0.15) is 0 Å². The monoisotopic (exact) mass is 272 g/mol. The van der Waals surface area contributed by atoms with Crippen LogP contribution in [0, 0.1) is 5.92 Å². The van der Waals surface area contributed by atoms with Gasteiger partial charge in [0.15, 0.2) is 9.84 Å². The molecule has 104 valence electrons. The van der Waals surface area contributed by atoms with Crippen molar-refractivity contribution in [3.05, 3.63) is 0 Å². The van der Waals surface area contributed by atoms with Crippen molar-refractivity contribution >= 4 is 15.6 Å². The van der Waals surface area contributed by atoms with E-state index in [-0.39, 0.29) is 16.4 Å². The Morgan fingerprint density at radius 1 is 1.11 bits per heavy atom. The van der Waals surface area contributed by atoms with Crippen LogP contribution in [0.15, 0.2) is 0 Å². The summed E-state index contributed by atoms with van der Waals surface area (Å²) in [5, 5.41) is -0.435. The van der Waals surface area contributed by atoms with Gasteiger partial charge in [-0.1, -0.05) is 26.2 Å². The van der Waals surface area contributed by atoms with E-state index in [0.29, 0.717) is 25.0 Å². The lowest BCUT2D eigenvalue weighted by molar-refractivity contribution is -0.123. The number of hydrogen-bond donors (Lipinski definition) is 0. The fourth-order valence-corrected chi connectivity index (χ4v) is 5.96. The SMILES string of the molecule is CCCCCC(=O)C1CC2CCCC(C1)S2(=O)=O. The summed E-state index contributed by atoms with van der Waals surface area (Å²) in [5.41, 5.74) is 0. The third-order valence-electron chi connectivity index (χ3n) is 4.56. The van der Waals surface area contributed by atoms with Crippen LogP contribution in [0.3, 0.4) is 0 Å². The highest BCUT2D eigenvalue weighted by molar-refractivity contribution is 7.92. The second-order valence-corrected chi connectivity index (χ2v) is 8.37. The minimum absolute atomic E-state index is 0.0284. The summed E-state index contributed by atoms with van der Waals surface area (Å²) in [6.45, 7) is 2.13. The van der Waals surface area contributed by atoms with Crippen molar-refractivity contribution in [3.8, 4) is 0 Å². The maximum absolute atomic E-state index is 12.1. The summed E-state index contributed by atoms with van der Waals surface area (Å²) < 4.78 is 24.2. The van der Waals surface area contributed by atoms with E-state index in [1.54, 1.807) is 0 Å². The number of rotatable bonds is 5. The van der Waals surface area contributed by atoms with Crippen LogP contribution in [0.25, 0.3) is 0 Å². The molecule has 4 heteroatoms. The largest absolute Gasteiger partial charge is 0.299 e. The molecule has 2 bridgehead atoms. The molecule has 2 fully saturated rings. The maximum atomic E-state index is 12.1. The summed E-state index contributed by atoms with van der Waals surface area (Å²) in [6, 6.07) is 0. The van der Waals surface area contributed by atoms with Gasteiger partial charge in [-0.05, 0) is 32.1 Å². The van der Waals surface area contributed by atoms with Gasteiger partial charge in [-0.15, -0.1) is 0 Å². The Morgan fingerprint density at radius 2 is 1.72 bits per heavy atom. The van der Waals surface area contributed by atoms with Crippen LogP contribution >= 0.6 is 0 Å². The van der Waals surface area contributed by atoms with Crippen molar-refractivity contribution in [2.45, 2.75) is 75.2 Å². The molecule has 0 aliphatic carbocycles. The van der Waals surface area contributed by atoms with E-state index in [4.69, 9.17) is 0 Å². The molecule has 2 atom stereocenters. The third kappa shape index (κ3) is 2.79. The van der Waals surface area contributed by atoms with Crippen molar-refractivity contribution in [2.24, 2.45) is 5.92 Å². The number of sulfone groups is 1. The molecule has 3 nitrogen and oxygen atoms in total. The summed E-state index contributed by atoms with van der Waals surface area (Å²) in [5.74, 6) is 0.343. The van der Waals surface area contributed by atoms with Crippen LogP contribution in [0.4, 0.5) is 0 Å². The topological polar surface area (TPSA) is 51.2 Å². The number of carbonyl (C=O) groups excluding carboxylic acids is 1. The molecular formula is C14H24O3S. The molecule has 0 radical (unpaired) electrons. The van der Waals surface area contributed by atoms with Crippen molar-refractivity contribution in [1.82, 2.24) is 0 Å². The molecule has 2 aliphatic heterocycles. The maximum Gasteiger partial charge on any atom is 0.156 e. The Morgan fingerprint density at radius 3 is 2.28 bits per heavy atom. The standard InChI is InChI=1S/C14H24O3S/c1-2-3-4-8-14(15)11-9-12-6-5-7-13(10-11)18(12,16)17/h11-13H,2-10H2,1H3. The smallest absolute Gasteiger partial charge is 0.156 e. The highest BCUT2D eigenvalue weighted by Crippen LogP contribution is 2.40. The molecule has 2 rings (SSSR count). The van der Waals surface area contributed by atoms with Gasteiger partial charge in [-0.25, -0.2) is 8.42 Å². The molecule has 2 unspecified atom stereocenters. The summed E-state index contributed by atoms with van der Waals surface area (Å²) in [4.78, 5) is 12.1. The lowest BCUT2D eigenvalue weighted by Crippen LogP contribution is -2.45. The molecule has 0 aromatic heterocycles. The molecule has 2 heterocycles. The quantitative estimate of drug-likeness (QED) is 0.723. The molecule has 0 aromatic carbocycles. The fourth-order valence-electron chi connectivity index (χ4n) is 3.42. The Balaban J connectivity index is 1.96. The molecule has 2 aliphatic rings. The first-order valence-electron chi connectivity index (χ1n) is 7.31. The fraction of sp³-hybridized carbons (Fsp3) is 0.929. The first-order chi connectivity index (χ1) is 8.55. The van der Waals surface area contributed by atoms with Crippen LogP contribution in [0.5, 0.6) is 0 Å². The molecule has 0 amide bonds. The first-order valence-corrected chi connectivity index (χ1v) is 8.92. The minimum atomic E-state index is -2.91. The molecule has 0 aromatic rings. The molecule has 0 saturated carbocycles. The zero-order chi connectivity index (χ0) is 13.2. The van der Waals surface area contributed by atoms with Gasteiger partial charge in [0, 0.05) is 12.3 Å². The van der Waals surface area contributed by atoms with Gasteiger partial charge in [0.1, 0.15) is 5.78 Å². The summed E-state index contributed by atoms with van der Waals surface area (Å²) in [7, 11) is -2.91. The highest BCUT2D eigenvalue weighted by atomic mass is 32.2. The van der Waals surface area contributed by atoms with Gasteiger partial charge in [-0.3, -0.25) is 4.79 Å². The molecule has 0 spiro atoms. The molecular weight excluding hydrogens is 248 g/mol. The average Bonchev–Trinajstić information content (AvgIpc) is 2.27. The Labute approximate surface area is 110 Å². The second-order valence-electron chi connectivity index (χ2n) is 5.86. The van der Waals surface area contributed by atoms with Gasteiger partial charge in [0.2, 0.25) is 0 Å². The summed E-state index contributed by atoms with van der Waals surface area (Å²) >= 11 is 0. The minimum Gasteiger partial charge on any atom is -0.299 e. The number of ketones is 1. The van der Waals surface area contributed by atoms with E-state index in [0.717, 1.165) is 38.5 Å². The Kier molecular flexibility index (Phi) is 4.46. The van der Waals surface area contributed by atoms with Gasteiger partial charge < -0.3 is 0 Å². The zero-order valence-corrected chi connectivity index (χ0v) is 12.0. The lowest BCUT2D eigenvalue weighted by Gasteiger charge is -2.38. The van der Waals surface area contributed by atoms with E-state index >= 15 is 0 Å². The second kappa shape index (κ2) is 5.72. The number of unbranched alkanes of at least 4 members (excludes halogenated alkanes) is 2. The summed E-state index contributed by atoms with van der Waals surface area (Å²) in [6.07, 6.45) is 7.61. The third-order valence-corrected chi connectivity index (χ3v) is 7.27. The van der Waals surface area contributed by atoms with Crippen molar-refractivity contribution in [3.63, 3.8) is 0 Å². The molecule has 0 N–H and O–H groups in total. The van der Waals surface area contributed by atoms with E-state index < -0.39 is 9.84 Å². The van der Waals surface area contributed by atoms with Crippen molar-refractivity contribution in [1.29, 1.82) is 0 Å². The van der Waals surface area contributed by atoms with E-state index in [2.05, 4.69) is 6.92 Å². The molecule has 2 saturated heterocycles. The predicted octanol–water partition coefficient (Wildman–Crippen LogP) is 2.88. The van der Waals surface area contributed by atoms with Gasteiger partial charge in [0.05, 0.1) is 10.5 Å². The lowest BCUT2D eigenvalue weighted by atomic mass is 9.85. The number of Topliss-reactive ketones (excluding diaryl/α,β-unsaturated/α-hetero) is 1. The van der Waals surface area contributed by atoms with Gasteiger partial charge in [0.25, 0.3) is 0 Å². The van der Waals surface area contributed by atoms with Crippen LogP contribution in [-0.4, -0.2) is 24.7 Å². The van der Waals surface area contributed by atoms with Crippen molar-refractivity contribution < 1.29 is 13.2 Å². The van der Waals surface area contributed by atoms with Crippen LogP contribution in [0.2, 0.25) is 0 Å². The Hall–Kier alpha value is -0.380. The predicted molar refractivity (Wildman–Crippen MR) is 72.2 cm³/mol. The zero-order valence-electron chi connectivity index (χ0n) is 11.2. The number of fused-ring (bicyclic) bond motifs is 2. The first kappa shape index (κ1) is 14.0. The number of carbonyl (C=O) groups is 1. The van der Waals surface area contributed by atoms with E-state index in [1.165, 1.54) is 0 Å². The highest BCUT2D eigenvalue weighted by Gasteiger charge is 2.45. The van der Waals surface area contributed by atoms with Crippen LogP contribution in [0.1, 0.15) is 64.7 Å². The van der Waals surface area contributed by atoms with Crippen LogP contribution in [-0.2, 0) is 14.6 Å².